The fourth-order valence-electron chi connectivity index (χ4n) is 1.30. The van der Waals surface area contributed by atoms with Crippen LogP contribution in [0.2, 0.25) is 0 Å². The Kier molecular flexibility index (Phi) is 3.01. The number of hydrogen-bond donors (Lipinski definition) is 2. The summed E-state index contributed by atoms with van der Waals surface area (Å²) in [4.78, 5) is 0. The second-order valence-corrected chi connectivity index (χ2v) is 3.26. The quantitative estimate of drug-likeness (QED) is 0.728. The number of aliphatic hydroxyl groups is 1. The summed E-state index contributed by atoms with van der Waals surface area (Å²) in [6.45, 7) is 3.26. The van der Waals surface area contributed by atoms with E-state index in [1.165, 1.54) is 0 Å². The second-order valence-electron chi connectivity index (χ2n) is 3.26. The molecular weight excluding hydrogens is 169 g/mol. The number of halogens is 1. The minimum atomic E-state index is -0.419. The van der Waals surface area contributed by atoms with E-state index in [1.54, 1.807) is 26.0 Å². The van der Waals surface area contributed by atoms with E-state index < -0.39 is 6.04 Å². The number of hydrogen-bond acceptors (Lipinski definition) is 2. The van der Waals surface area contributed by atoms with Gasteiger partial charge in [0.25, 0.3) is 0 Å². The Labute approximate surface area is 77.2 Å². The molecule has 1 atom stereocenters. The number of nitrogens with two attached hydrogens (primary N) is 1. The zero-order chi connectivity index (χ0) is 10.0. The minimum Gasteiger partial charge on any atom is -0.394 e. The van der Waals surface area contributed by atoms with Gasteiger partial charge in [-0.05, 0) is 30.5 Å². The maximum absolute atomic E-state index is 13.2. The van der Waals surface area contributed by atoms with Crippen molar-refractivity contribution in [2.45, 2.75) is 19.9 Å². The summed E-state index contributed by atoms with van der Waals surface area (Å²) in [6.07, 6.45) is 0. The molecule has 1 aromatic carbocycles. The molecule has 0 unspecified atom stereocenters. The summed E-state index contributed by atoms with van der Waals surface area (Å²) in [7, 11) is 0. The molecule has 13 heavy (non-hydrogen) atoms. The number of aryl methyl sites for hydroxylation is 2. The minimum absolute atomic E-state index is 0.121. The van der Waals surface area contributed by atoms with E-state index in [0.717, 1.165) is 5.56 Å². The fraction of sp³-hybridized carbons (Fsp3) is 0.400. The predicted molar refractivity (Wildman–Crippen MR) is 49.9 cm³/mol. The van der Waals surface area contributed by atoms with Crippen molar-refractivity contribution in [2.75, 3.05) is 6.61 Å². The van der Waals surface area contributed by atoms with E-state index in [0.29, 0.717) is 11.1 Å². The van der Waals surface area contributed by atoms with Gasteiger partial charge in [-0.1, -0.05) is 12.1 Å². The Bertz CT molecular complexity index is 289. The van der Waals surface area contributed by atoms with Gasteiger partial charge in [-0.3, -0.25) is 0 Å². The Morgan fingerprint density at radius 3 is 2.23 bits per heavy atom. The van der Waals surface area contributed by atoms with Gasteiger partial charge in [0.1, 0.15) is 5.82 Å². The van der Waals surface area contributed by atoms with Crippen LogP contribution in [0.1, 0.15) is 22.7 Å². The van der Waals surface area contributed by atoms with Gasteiger partial charge in [0, 0.05) is 0 Å². The number of benzene rings is 1. The van der Waals surface area contributed by atoms with Gasteiger partial charge in [0.15, 0.2) is 0 Å². The number of aliphatic hydroxyl groups excluding tert-OH is 1. The maximum Gasteiger partial charge on any atom is 0.129 e. The zero-order valence-corrected chi connectivity index (χ0v) is 7.84. The summed E-state index contributed by atoms with van der Waals surface area (Å²) in [5, 5.41) is 8.82. The SMILES string of the molecule is Cc1cc([C@@H](N)CO)cc(C)c1F. The van der Waals surface area contributed by atoms with Gasteiger partial charge in [-0.25, -0.2) is 4.39 Å². The van der Waals surface area contributed by atoms with E-state index >= 15 is 0 Å². The average Bonchev–Trinajstić information content (AvgIpc) is 2.12. The predicted octanol–water partition coefficient (Wildman–Crippen LogP) is 1.43. The molecule has 72 valence electrons. The highest BCUT2D eigenvalue weighted by Crippen LogP contribution is 2.18. The van der Waals surface area contributed by atoms with E-state index in [9.17, 15) is 4.39 Å². The third kappa shape index (κ3) is 2.05. The van der Waals surface area contributed by atoms with Gasteiger partial charge in [-0.15, -0.1) is 0 Å². The van der Waals surface area contributed by atoms with Gasteiger partial charge in [0.05, 0.1) is 12.6 Å². The molecule has 1 aromatic rings. The zero-order valence-electron chi connectivity index (χ0n) is 7.84. The third-order valence-corrected chi connectivity index (χ3v) is 2.08. The van der Waals surface area contributed by atoms with Gasteiger partial charge < -0.3 is 10.8 Å². The van der Waals surface area contributed by atoms with Gasteiger partial charge in [0.2, 0.25) is 0 Å². The average molecular weight is 183 g/mol. The summed E-state index contributed by atoms with van der Waals surface area (Å²) in [6, 6.07) is 2.92. The van der Waals surface area contributed by atoms with Crippen LogP contribution in [0.25, 0.3) is 0 Å². The Hall–Kier alpha value is -0.930. The molecular formula is C10H14FNO. The van der Waals surface area contributed by atoms with Crippen molar-refractivity contribution in [3.8, 4) is 0 Å². The molecule has 0 heterocycles. The van der Waals surface area contributed by atoms with E-state index in [2.05, 4.69) is 0 Å². The molecule has 0 aromatic heterocycles. The molecule has 0 fully saturated rings. The maximum atomic E-state index is 13.2. The van der Waals surface area contributed by atoms with E-state index in [-0.39, 0.29) is 12.4 Å². The van der Waals surface area contributed by atoms with Gasteiger partial charge in [-0.2, -0.15) is 0 Å². The molecule has 3 N–H and O–H groups in total. The smallest absolute Gasteiger partial charge is 0.129 e. The Balaban J connectivity index is 3.13. The highest BCUT2D eigenvalue weighted by Gasteiger charge is 2.08. The lowest BCUT2D eigenvalue weighted by Crippen LogP contribution is -2.15. The first-order valence-electron chi connectivity index (χ1n) is 4.19. The van der Waals surface area contributed by atoms with Crippen molar-refractivity contribution >= 4 is 0 Å². The Morgan fingerprint density at radius 2 is 1.85 bits per heavy atom. The lowest BCUT2D eigenvalue weighted by atomic mass is 10.0. The molecule has 0 aliphatic heterocycles. The van der Waals surface area contributed by atoms with Crippen LogP contribution in [0.5, 0.6) is 0 Å². The van der Waals surface area contributed by atoms with Crippen LogP contribution in [0.4, 0.5) is 4.39 Å². The van der Waals surface area contributed by atoms with Crippen molar-refractivity contribution in [2.24, 2.45) is 5.73 Å². The summed E-state index contributed by atoms with van der Waals surface area (Å²) < 4.78 is 13.2. The van der Waals surface area contributed by atoms with E-state index in [1.807, 2.05) is 0 Å². The van der Waals surface area contributed by atoms with Crippen molar-refractivity contribution in [3.63, 3.8) is 0 Å². The van der Waals surface area contributed by atoms with Crippen LogP contribution in [0.3, 0.4) is 0 Å². The lowest BCUT2D eigenvalue weighted by molar-refractivity contribution is 0.268. The van der Waals surface area contributed by atoms with Crippen LogP contribution < -0.4 is 5.73 Å². The summed E-state index contributed by atoms with van der Waals surface area (Å²) in [5.74, 6) is -0.200. The second kappa shape index (κ2) is 3.85. The van der Waals surface area contributed by atoms with Crippen molar-refractivity contribution in [3.05, 3.63) is 34.6 Å². The molecule has 0 aliphatic carbocycles. The number of rotatable bonds is 2. The van der Waals surface area contributed by atoms with Crippen LogP contribution >= 0.6 is 0 Å². The third-order valence-electron chi connectivity index (χ3n) is 2.08. The molecule has 0 spiro atoms. The normalized spacial score (nSPS) is 13.0. The summed E-state index contributed by atoms with van der Waals surface area (Å²) in [5.41, 5.74) is 7.52. The van der Waals surface area contributed by atoms with Crippen LogP contribution in [0, 0.1) is 19.7 Å². The first-order valence-corrected chi connectivity index (χ1v) is 4.19. The first-order chi connectivity index (χ1) is 6.06. The highest BCUT2D eigenvalue weighted by molar-refractivity contribution is 5.32. The summed E-state index contributed by atoms with van der Waals surface area (Å²) >= 11 is 0. The van der Waals surface area contributed by atoms with Crippen LogP contribution in [-0.4, -0.2) is 11.7 Å². The molecule has 1 rings (SSSR count). The molecule has 0 saturated heterocycles. The molecule has 3 heteroatoms. The molecule has 0 radical (unpaired) electrons. The topological polar surface area (TPSA) is 46.2 Å². The fourth-order valence-corrected chi connectivity index (χ4v) is 1.30. The molecule has 0 amide bonds. The van der Waals surface area contributed by atoms with Crippen LogP contribution in [0.15, 0.2) is 12.1 Å². The lowest BCUT2D eigenvalue weighted by Gasteiger charge is -2.11. The van der Waals surface area contributed by atoms with Gasteiger partial charge >= 0.3 is 0 Å². The van der Waals surface area contributed by atoms with E-state index in [4.69, 9.17) is 10.8 Å². The molecule has 0 saturated carbocycles. The standard InChI is InChI=1S/C10H14FNO/c1-6-3-8(9(12)5-13)4-7(2)10(6)11/h3-4,9,13H,5,12H2,1-2H3/t9-/m0/s1. The van der Waals surface area contributed by atoms with Crippen molar-refractivity contribution in [1.29, 1.82) is 0 Å². The molecule has 2 nitrogen and oxygen atoms in total. The van der Waals surface area contributed by atoms with Crippen molar-refractivity contribution in [1.82, 2.24) is 0 Å². The monoisotopic (exact) mass is 183 g/mol. The van der Waals surface area contributed by atoms with Crippen LogP contribution in [-0.2, 0) is 0 Å². The first kappa shape index (κ1) is 10.2. The molecule has 0 aliphatic rings. The highest BCUT2D eigenvalue weighted by atomic mass is 19.1. The largest absolute Gasteiger partial charge is 0.394 e. The Morgan fingerprint density at radius 1 is 1.38 bits per heavy atom. The van der Waals surface area contributed by atoms with Crippen molar-refractivity contribution < 1.29 is 9.50 Å². The molecule has 0 bridgehead atoms.